The van der Waals surface area contributed by atoms with Crippen molar-refractivity contribution in [2.45, 2.75) is 13.8 Å². The summed E-state index contributed by atoms with van der Waals surface area (Å²) in [6, 6.07) is 11.2. The van der Waals surface area contributed by atoms with Gasteiger partial charge >= 0.3 is 0 Å². The van der Waals surface area contributed by atoms with Gasteiger partial charge in [-0.25, -0.2) is 4.39 Å². The molecular formula is C18H15FN2O. The number of carbonyl (C=O) groups is 1. The number of nitrogens with one attached hydrogen (secondary N) is 1. The monoisotopic (exact) mass is 294 g/mol. The molecular weight excluding hydrogens is 279 g/mol. The molecule has 0 aliphatic carbocycles. The molecule has 1 heterocycles. The number of anilines is 1. The predicted molar refractivity (Wildman–Crippen MR) is 85.6 cm³/mol. The molecule has 110 valence electrons. The summed E-state index contributed by atoms with van der Waals surface area (Å²) in [4.78, 5) is 16.7. The molecule has 3 aromatic rings. The molecule has 2 aromatic carbocycles. The van der Waals surface area contributed by atoms with E-state index >= 15 is 0 Å². The number of hydrogen-bond donors (Lipinski definition) is 1. The van der Waals surface area contributed by atoms with Crippen molar-refractivity contribution in [1.29, 1.82) is 0 Å². The van der Waals surface area contributed by atoms with E-state index in [-0.39, 0.29) is 11.7 Å². The first-order valence-electron chi connectivity index (χ1n) is 6.98. The molecule has 1 amide bonds. The Hall–Kier alpha value is -2.75. The van der Waals surface area contributed by atoms with Crippen LogP contribution < -0.4 is 5.32 Å². The average molecular weight is 294 g/mol. The maximum Gasteiger partial charge on any atom is 0.255 e. The number of carbonyl (C=O) groups excluding carboxylic acids is 1. The lowest BCUT2D eigenvalue weighted by atomic mass is 10.0. The third-order valence-electron chi connectivity index (χ3n) is 3.79. The lowest BCUT2D eigenvalue weighted by molar-refractivity contribution is 0.102. The van der Waals surface area contributed by atoms with Gasteiger partial charge in [0.05, 0.1) is 11.2 Å². The van der Waals surface area contributed by atoms with Gasteiger partial charge in [-0.2, -0.15) is 0 Å². The van der Waals surface area contributed by atoms with Crippen LogP contribution in [0.3, 0.4) is 0 Å². The molecule has 4 heteroatoms. The predicted octanol–water partition coefficient (Wildman–Crippen LogP) is 4.24. The van der Waals surface area contributed by atoms with Crippen molar-refractivity contribution in [3.63, 3.8) is 0 Å². The Kier molecular flexibility index (Phi) is 3.59. The summed E-state index contributed by atoms with van der Waals surface area (Å²) in [5.41, 5.74) is 4.23. The number of pyridine rings is 1. The molecule has 0 spiro atoms. The Morgan fingerprint density at radius 2 is 1.77 bits per heavy atom. The molecule has 0 fully saturated rings. The molecule has 1 N–H and O–H groups in total. The van der Waals surface area contributed by atoms with Crippen molar-refractivity contribution >= 4 is 22.5 Å². The molecule has 22 heavy (non-hydrogen) atoms. The van der Waals surface area contributed by atoms with Crippen LogP contribution in [0, 0.1) is 19.7 Å². The van der Waals surface area contributed by atoms with Crippen LogP contribution in [0.2, 0.25) is 0 Å². The number of amides is 1. The van der Waals surface area contributed by atoms with Crippen LogP contribution in [0.15, 0.2) is 48.7 Å². The maximum absolute atomic E-state index is 12.9. The molecule has 3 rings (SSSR count). The molecule has 0 bridgehead atoms. The van der Waals surface area contributed by atoms with Crippen molar-refractivity contribution in [3.8, 4) is 0 Å². The van der Waals surface area contributed by atoms with E-state index in [0.29, 0.717) is 11.3 Å². The van der Waals surface area contributed by atoms with E-state index in [1.54, 1.807) is 12.3 Å². The molecule has 0 saturated heterocycles. The minimum absolute atomic E-state index is 0.272. The second-order valence-electron chi connectivity index (χ2n) is 5.22. The van der Waals surface area contributed by atoms with Crippen molar-refractivity contribution in [2.24, 2.45) is 0 Å². The first-order valence-corrected chi connectivity index (χ1v) is 6.98. The zero-order valence-corrected chi connectivity index (χ0v) is 12.4. The highest BCUT2D eigenvalue weighted by molar-refractivity contribution is 6.08. The number of aryl methyl sites for hydroxylation is 2. The van der Waals surface area contributed by atoms with E-state index in [9.17, 15) is 9.18 Å². The molecule has 0 unspecified atom stereocenters. The summed E-state index contributed by atoms with van der Waals surface area (Å²) < 4.78 is 12.9. The van der Waals surface area contributed by atoms with Gasteiger partial charge in [-0.05, 0) is 55.3 Å². The third kappa shape index (κ3) is 2.55. The summed E-state index contributed by atoms with van der Waals surface area (Å²) in [6.07, 6.45) is 1.68. The second kappa shape index (κ2) is 5.56. The summed E-state index contributed by atoms with van der Waals surface area (Å²) in [5.74, 6) is -0.636. The van der Waals surface area contributed by atoms with Gasteiger partial charge in [0.25, 0.3) is 5.91 Å². The minimum atomic E-state index is -0.364. The molecule has 0 aliphatic heterocycles. The van der Waals surface area contributed by atoms with Crippen molar-refractivity contribution in [2.75, 3.05) is 5.32 Å². The fourth-order valence-corrected chi connectivity index (χ4v) is 2.37. The van der Waals surface area contributed by atoms with Crippen molar-refractivity contribution in [3.05, 3.63) is 71.2 Å². The van der Waals surface area contributed by atoms with Crippen LogP contribution in [-0.2, 0) is 0 Å². The molecule has 0 radical (unpaired) electrons. The fourth-order valence-electron chi connectivity index (χ4n) is 2.37. The first-order chi connectivity index (χ1) is 10.6. The summed E-state index contributed by atoms with van der Waals surface area (Å²) in [6.45, 7) is 4.04. The zero-order chi connectivity index (χ0) is 15.7. The van der Waals surface area contributed by atoms with E-state index in [4.69, 9.17) is 0 Å². The number of rotatable bonds is 2. The van der Waals surface area contributed by atoms with E-state index < -0.39 is 0 Å². The molecule has 3 nitrogen and oxygen atoms in total. The Morgan fingerprint density at radius 1 is 1.05 bits per heavy atom. The number of nitrogens with zero attached hydrogens (tertiary/aromatic N) is 1. The minimum Gasteiger partial charge on any atom is -0.321 e. The number of halogens is 1. The largest absolute Gasteiger partial charge is 0.321 e. The average Bonchev–Trinajstić information content (AvgIpc) is 2.52. The van der Waals surface area contributed by atoms with Crippen LogP contribution in [-0.4, -0.2) is 10.9 Å². The smallest absolute Gasteiger partial charge is 0.255 e. The Balaban J connectivity index is 1.99. The van der Waals surface area contributed by atoms with Crippen LogP contribution in [0.1, 0.15) is 21.5 Å². The lowest BCUT2D eigenvalue weighted by Crippen LogP contribution is -2.12. The molecule has 0 atom stereocenters. The van der Waals surface area contributed by atoms with Crippen LogP contribution >= 0.6 is 0 Å². The van der Waals surface area contributed by atoms with Gasteiger partial charge in [-0.1, -0.05) is 12.1 Å². The number of fused-ring (bicyclic) bond motifs is 1. The van der Waals surface area contributed by atoms with Crippen LogP contribution in [0.5, 0.6) is 0 Å². The van der Waals surface area contributed by atoms with Crippen LogP contribution in [0.25, 0.3) is 10.9 Å². The summed E-state index contributed by atoms with van der Waals surface area (Å²) in [5, 5.41) is 3.76. The first kappa shape index (κ1) is 14.2. The van der Waals surface area contributed by atoms with Gasteiger partial charge in [0.15, 0.2) is 0 Å². The fraction of sp³-hybridized carbons (Fsp3) is 0.111. The quantitative estimate of drug-likeness (QED) is 0.768. The SMILES string of the molecule is Cc1ccc2c(NC(=O)c3ccc(F)cc3)ccnc2c1C. The van der Waals surface area contributed by atoms with Gasteiger partial charge in [0, 0.05) is 17.1 Å². The topological polar surface area (TPSA) is 42.0 Å². The van der Waals surface area contributed by atoms with Gasteiger partial charge in [0.1, 0.15) is 5.82 Å². The van der Waals surface area contributed by atoms with Gasteiger partial charge in [-0.3, -0.25) is 9.78 Å². The normalized spacial score (nSPS) is 10.7. The van der Waals surface area contributed by atoms with Crippen LogP contribution in [0.4, 0.5) is 10.1 Å². The molecule has 0 saturated carbocycles. The van der Waals surface area contributed by atoms with Gasteiger partial charge < -0.3 is 5.32 Å². The third-order valence-corrected chi connectivity index (χ3v) is 3.79. The highest BCUT2D eigenvalue weighted by atomic mass is 19.1. The van der Waals surface area contributed by atoms with E-state index in [1.807, 2.05) is 26.0 Å². The number of aromatic nitrogens is 1. The van der Waals surface area contributed by atoms with Gasteiger partial charge in [-0.15, -0.1) is 0 Å². The van der Waals surface area contributed by atoms with Gasteiger partial charge in [0.2, 0.25) is 0 Å². The molecule has 1 aromatic heterocycles. The van der Waals surface area contributed by atoms with E-state index in [2.05, 4.69) is 10.3 Å². The lowest BCUT2D eigenvalue weighted by Gasteiger charge is -2.11. The summed E-state index contributed by atoms with van der Waals surface area (Å²) in [7, 11) is 0. The summed E-state index contributed by atoms with van der Waals surface area (Å²) >= 11 is 0. The Morgan fingerprint density at radius 3 is 2.50 bits per heavy atom. The Labute approximate surface area is 127 Å². The highest BCUT2D eigenvalue weighted by Gasteiger charge is 2.10. The van der Waals surface area contributed by atoms with Crippen molar-refractivity contribution in [1.82, 2.24) is 4.98 Å². The standard InChI is InChI=1S/C18H15FN2O/c1-11-3-8-15-16(9-10-20-17(15)12(11)2)21-18(22)13-4-6-14(19)7-5-13/h3-10H,1-2H3,(H,20,21,22). The molecule has 0 aliphatic rings. The maximum atomic E-state index is 12.9. The highest BCUT2D eigenvalue weighted by Crippen LogP contribution is 2.26. The van der Waals surface area contributed by atoms with Crippen molar-refractivity contribution < 1.29 is 9.18 Å². The van der Waals surface area contributed by atoms with E-state index in [1.165, 1.54) is 24.3 Å². The van der Waals surface area contributed by atoms with E-state index in [0.717, 1.165) is 22.0 Å². The number of benzene rings is 2. The number of hydrogen-bond acceptors (Lipinski definition) is 2. The zero-order valence-electron chi connectivity index (χ0n) is 12.4. The second-order valence-corrected chi connectivity index (χ2v) is 5.22. The Bertz CT molecular complexity index is 857.